The second kappa shape index (κ2) is 11.2. The molecule has 1 aromatic heterocycles. The third kappa shape index (κ3) is 4.40. The van der Waals surface area contributed by atoms with Gasteiger partial charge in [0.15, 0.2) is 0 Å². The van der Waals surface area contributed by atoms with E-state index in [9.17, 15) is 0 Å². The lowest BCUT2D eigenvalue weighted by molar-refractivity contribution is 0.900. The molecule has 230 valence electrons. The van der Waals surface area contributed by atoms with E-state index < -0.39 is 0 Å². The van der Waals surface area contributed by atoms with Gasteiger partial charge in [-0.3, -0.25) is 0 Å². The molecule has 1 heterocycles. The minimum Gasteiger partial charge on any atom is -0.309 e. The molecule has 0 N–H and O–H groups in total. The van der Waals surface area contributed by atoms with E-state index in [4.69, 9.17) is 0 Å². The van der Waals surface area contributed by atoms with Crippen molar-refractivity contribution < 1.29 is 0 Å². The molecular formula is C48H33N. The Bertz CT molecular complexity index is 2590. The molecule has 8 aromatic rings. The Labute approximate surface area is 286 Å². The first-order chi connectivity index (χ1) is 24.3. The van der Waals surface area contributed by atoms with Crippen LogP contribution in [0.3, 0.4) is 0 Å². The lowest BCUT2D eigenvalue weighted by Crippen LogP contribution is -2.08. The maximum absolute atomic E-state index is 2.51. The lowest BCUT2D eigenvalue weighted by atomic mass is 9.75. The van der Waals surface area contributed by atoms with Crippen LogP contribution in [0.1, 0.15) is 34.6 Å². The first-order valence-electron chi connectivity index (χ1n) is 17.2. The molecule has 1 nitrogen and oxygen atoms in total. The molecule has 49 heavy (non-hydrogen) atoms. The fraction of sp³-hybridized carbons (Fsp3) is 0.0417. The second-order valence-corrected chi connectivity index (χ2v) is 13.2. The molecule has 2 aliphatic rings. The van der Waals surface area contributed by atoms with Crippen LogP contribution in [0.5, 0.6) is 0 Å². The zero-order chi connectivity index (χ0) is 32.3. The molecular weight excluding hydrogens is 591 g/mol. The van der Waals surface area contributed by atoms with E-state index in [0.29, 0.717) is 0 Å². The molecule has 0 radical (unpaired) electrons. The van der Waals surface area contributed by atoms with Gasteiger partial charge in [-0.15, -0.1) is 0 Å². The molecule has 2 bridgehead atoms. The number of benzene rings is 7. The highest BCUT2D eigenvalue weighted by atomic mass is 15.0. The molecule has 1 unspecified atom stereocenters. The zero-order valence-corrected chi connectivity index (χ0v) is 27.1. The number of aromatic nitrogens is 1. The summed E-state index contributed by atoms with van der Waals surface area (Å²) in [6.45, 7) is 0. The van der Waals surface area contributed by atoms with Crippen molar-refractivity contribution in [2.45, 2.75) is 12.3 Å². The van der Waals surface area contributed by atoms with Crippen molar-refractivity contribution in [2.24, 2.45) is 0 Å². The fourth-order valence-corrected chi connectivity index (χ4v) is 8.43. The maximum Gasteiger partial charge on any atom is 0.0547 e. The van der Waals surface area contributed by atoms with Crippen LogP contribution in [0.4, 0.5) is 0 Å². The van der Waals surface area contributed by atoms with Gasteiger partial charge in [0, 0.05) is 22.4 Å². The van der Waals surface area contributed by atoms with Gasteiger partial charge in [0.1, 0.15) is 0 Å². The third-order valence-corrected chi connectivity index (χ3v) is 10.6. The van der Waals surface area contributed by atoms with Crippen molar-refractivity contribution in [3.63, 3.8) is 0 Å². The van der Waals surface area contributed by atoms with Gasteiger partial charge in [-0.25, -0.2) is 0 Å². The van der Waals surface area contributed by atoms with Gasteiger partial charge in [-0.2, -0.15) is 0 Å². The van der Waals surface area contributed by atoms with E-state index in [2.05, 4.69) is 187 Å². The van der Waals surface area contributed by atoms with Gasteiger partial charge >= 0.3 is 0 Å². The second-order valence-electron chi connectivity index (χ2n) is 13.2. The van der Waals surface area contributed by atoms with Gasteiger partial charge in [0.25, 0.3) is 0 Å². The number of para-hydroxylation sites is 2. The Morgan fingerprint density at radius 3 is 1.84 bits per heavy atom. The van der Waals surface area contributed by atoms with Crippen LogP contribution >= 0.6 is 0 Å². The molecule has 1 atom stereocenters. The quantitative estimate of drug-likeness (QED) is 0.184. The molecule has 10 rings (SSSR count). The summed E-state index contributed by atoms with van der Waals surface area (Å²) in [7, 11) is 0. The van der Waals surface area contributed by atoms with E-state index in [1.54, 1.807) is 0 Å². The summed E-state index contributed by atoms with van der Waals surface area (Å²) in [6, 6.07) is 64.5. The molecule has 0 fully saturated rings. The van der Waals surface area contributed by atoms with E-state index in [1.807, 2.05) is 0 Å². The predicted octanol–water partition coefficient (Wildman–Crippen LogP) is 12.6. The summed E-state index contributed by atoms with van der Waals surface area (Å²) < 4.78 is 2.45. The number of fused-ring (bicyclic) bond motifs is 11. The first-order valence-corrected chi connectivity index (χ1v) is 17.2. The molecule has 2 aliphatic carbocycles. The standard InChI is InChI=1S/C48H33N/c1-4-14-32(15-5-1)33-24-26-35(27-25-33)42-30-41(34-16-6-2-7-17-34)43-31-44(42)47-39(37-20-10-11-21-38(37)43)28-29-46-48(47)40-22-12-13-23-45(40)49(46)36-18-8-3-9-19-36/h1-30,43H,31H2. The molecule has 0 spiro atoms. The van der Waals surface area contributed by atoms with Crippen molar-refractivity contribution >= 4 is 38.5 Å². The lowest BCUT2D eigenvalue weighted by Gasteiger charge is -2.28. The Balaban J connectivity index is 1.33. The van der Waals surface area contributed by atoms with Crippen LogP contribution in [-0.4, -0.2) is 4.57 Å². The molecule has 0 aliphatic heterocycles. The summed E-state index contributed by atoms with van der Waals surface area (Å²) in [5.41, 5.74) is 18.2. The Hall–Kier alpha value is -6.18. The highest BCUT2D eigenvalue weighted by Crippen LogP contribution is 2.56. The molecule has 0 amide bonds. The minimum absolute atomic E-state index is 0.242. The number of allylic oxidation sites excluding steroid dienone is 4. The number of nitrogens with zero attached hydrogens (tertiary/aromatic N) is 1. The van der Waals surface area contributed by atoms with E-state index in [-0.39, 0.29) is 5.92 Å². The topological polar surface area (TPSA) is 4.93 Å². The van der Waals surface area contributed by atoms with Crippen LogP contribution < -0.4 is 0 Å². The number of hydrogen-bond donors (Lipinski definition) is 0. The summed E-state index contributed by atoms with van der Waals surface area (Å²) in [6.07, 6.45) is 3.45. The SMILES string of the molecule is C1=C(c2ccccc2)C2CC(=C1c1ccc(-c3ccccc3)cc1)c1c(ccc3c1c1ccccc1n3-c1ccccc1)-c1ccccc12. The largest absolute Gasteiger partial charge is 0.309 e. The van der Waals surface area contributed by atoms with Gasteiger partial charge < -0.3 is 4.57 Å². The molecule has 7 aromatic carbocycles. The average molecular weight is 624 g/mol. The van der Waals surface area contributed by atoms with E-state index >= 15 is 0 Å². The van der Waals surface area contributed by atoms with E-state index in [1.165, 1.54) is 88.7 Å². The molecule has 1 heteroatoms. The zero-order valence-electron chi connectivity index (χ0n) is 27.1. The highest BCUT2D eigenvalue weighted by molar-refractivity contribution is 6.20. The summed E-state index contributed by atoms with van der Waals surface area (Å²) in [5, 5.41) is 2.62. The smallest absolute Gasteiger partial charge is 0.0547 e. The van der Waals surface area contributed by atoms with Crippen LogP contribution in [-0.2, 0) is 0 Å². The number of hydrogen-bond acceptors (Lipinski definition) is 0. The third-order valence-electron chi connectivity index (χ3n) is 10.6. The Morgan fingerprint density at radius 2 is 1.06 bits per heavy atom. The van der Waals surface area contributed by atoms with Crippen LogP contribution in [0.25, 0.3) is 66.5 Å². The summed E-state index contributed by atoms with van der Waals surface area (Å²) in [4.78, 5) is 0. The fourth-order valence-electron chi connectivity index (χ4n) is 8.43. The van der Waals surface area contributed by atoms with Crippen molar-refractivity contribution in [2.75, 3.05) is 0 Å². The van der Waals surface area contributed by atoms with Gasteiger partial charge in [-0.1, -0.05) is 152 Å². The predicted molar refractivity (Wildman–Crippen MR) is 207 cm³/mol. The Kier molecular flexibility index (Phi) is 6.38. The van der Waals surface area contributed by atoms with Crippen LogP contribution in [0.15, 0.2) is 182 Å². The highest BCUT2D eigenvalue weighted by Gasteiger charge is 2.34. The van der Waals surface area contributed by atoms with Gasteiger partial charge in [0.2, 0.25) is 0 Å². The molecule has 0 saturated heterocycles. The van der Waals surface area contributed by atoms with Gasteiger partial charge in [-0.05, 0) is 98.0 Å². The van der Waals surface area contributed by atoms with Gasteiger partial charge in [0.05, 0.1) is 11.0 Å². The van der Waals surface area contributed by atoms with Crippen molar-refractivity contribution in [3.05, 3.63) is 204 Å². The summed E-state index contributed by atoms with van der Waals surface area (Å²) in [5.74, 6) is 0.242. The maximum atomic E-state index is 2.51. The minimum atomic E-state index is 0.242. The summed E-state index contributed by atoms with van der Waals surface area (Å²) >= 11 is 0. The van der Waals surface area contributed by atoms with Crippen LogP contribution in [0.2, 0.25) is 0 Å². The normalized spacial score (nSPS) is 15.1. The van der Waals surface area contributed by atoms with Crippen LogP contribution in [0, 0.1) is 0 Å². The number of rotatable bonds is 4. The molecule has 0 saturated carbocycles. The van der Waals surface area contributed by atoms with E-state index in [0.717, 1.165) is 6.42 Å². The monoisotopic (exact) mass is 623 g/mol. The average Bonchev–Trinajstić information content (AvgIpc) is 3.47. The van der Waals surface area contributed by atoms with Crippen molar-refractivity contribution in [3.8, 4) is 27.9 Å². The van der Waals surface area contributed by atoms with Crippen molar-refractivity contribution in [1.29, 1.82) is 0 Å². The Morgan fingerprint density at radius 1 is 0.449 bits per heavy atom. The van der Waals surface area contributed by atoms with Crippen molar-refractivity contribution in [1.82, 2.24) is 4.57 Å². The first kappa shape index (κ1) is 27.9.